The van der Waals surface area contributed by atoms with E-state index in [0.29, 0.717) is 14.9 Å². The van der Waals surface area contributed by atoms with Crippen molar-refractivity contribution in [3.05, 3.63) is 89.2 Å². The highest BCUT2D eigenvalue weighted by Crippen LogP contribution is 2.22. The Morgan fingerprint density at radius 1 is 0.885 bits per heavy atom. The molecule has 1 aromatic carbocycles. The average molecular weight is 357 g/mol. The SMILES string of the molecule is O=Nc1[nH]c(=O)n(NNn2c(=O)cc[nH]c2=O)c(=O)c1-c1ccccc1. The van der Waals surface area contributed by atoms with Gasteiger partial charge >= 0.3 is 11.4 Å². The van der Waals surface area contributed by atoms with Crippen LogP contribution >= 0.6 is 0 Å². The first-order chi connectivity index (χ1) is 12.5. The Kier molecular flexibility index (Phi) is 4.30. The molecule has 2 aromatic heterocycles. The molecule has 0 amide bonds. The molecule has 132 valence electrons. The van der Waals surface area contributed by atoms with Crippen molar-refractivity contribution in [3.63, 3.8) is 0 Å². The van der Waals surface area contributed by atoms with Crippen molar-refractivity contribution in [2.75, 3.05) is 11.1 Å². The number of hydrazine groups is 1. The second-order valence-corrected chi connectivity index (χ2v) is 4.93. The number of benzene rings is 1. The zero-order valence-corrected chi connectivity index (χ0v) is 12.9. The van der Waals surface area contributed by atoms with Crippen molar-refractivity contribution in [2.45, 2.75) is 0 Å². The molecule has 0 aliphatic carbocycles. The highest BCUT2D eigenvalue weighted by molar-refractivity contribution is 5.72. The summed E-state index contributed by atoms with van der Waals surface area (Å²) in [5.74, 6) is -0.445. The molecule has 0 fully saturated rings. The van der Waals surface area contributed by atoms with Crippen LogP contribution in [0.1, 0.15) is 0 Å². The van der Waals surface area contributed by atoms with E-state index in [1.807, 2.05) is 0 Å². The van der Waals surface area contributed by atoms with Crippen LogP contribution in [0.2, 0.25) is 0 Å². The predicted octanol–water partition coefficient (Wildman–Crippen LogP) is -0.846. The van der Waals surface area contributed by atoms with Crippen molar-refractivity contribution >= 4 is 5.82 Å². The normalized spacial score (nSPS) is 10.3. The minimum Gasteiger partial charge on any atom is -0.312 e. The highest BCUT2D eigenvalue weighted by Gasteiger charge is 2.16. The first-order valence-corrected chi connectivity index (χ1v) is 7.14. The number of hydrogen-bond acceptors (Lipinski definition) is 8. The number of rotatable bonds is 5. The third-order valence-electron chi connectivity index (χ3n) is 3.37. The molecule has 3 rings (SSSR count). The molecule has 12 heteroatoms. The van der Waals surface area contributed by atoms with E-state index in [4.69, 9.17) is 0 Å². The fraction of sp³-hybridized carbons (Fsp3) is 0. The zero-order chi connectivity index (χ0) is 18.7. The predicted molar refractivity (Wildman–Crippen MR) is 92.3 cm³/mol. The van der Waals surface area contributed by atoms with Crippen LogP contribution in [0.25, 0.3) is 11.1 Å². The molecular formula is C14H11N7O5. The first kappa shape index (κ1) is 16.6. The molecule has 4 N–H and O–H groups in total. The smallest absolute Gasteiger partial charge is 0.312 e. The molecule has 0 spiro atoms. The molecular weight excluding hydrogens is 346 g/mol. The Morgan fingerprint density at radius 3 is 2.23 bits per heavy atom. The number of nitrogens with one attached hydrogen (secondary N) is 4. The Bertz CT molecular complexity index is 1160. The van der Waals surface area contributed by atoms with E-state index in [0.717, 1.165) is 12.3 Å². The Hall–Kier alpha value is -4.22. The maximum absolute atomic E-state index is 12.6. The lowest BCUT2D eigenvalue weighted by Crippen LogP contribution is -2.51. The summed E-state index contributed by atoms with van der Waals surface area (Å²) >= 11 is 0. The molecule has 0 unspecified atom stereocenters. The summed E-state index contributed by atoms with van der Waals surface area (Å²) in [7, 11) is 0. The minimum atomic E-state index is -1.03. The summed E-state index contributed by atoms with van der Waals surface area (Å²) in [5.41, 5.74) is 0.958. The fourth-order valence-corrected chi connectivity index (χ4v) is 2.19. The number of nitrogens with zero attached hydrogens (tertiary/aromatic N) is 3. The Labute approximate surface area is 142 Å². The van der Waals surface area contributed by atoms with Crippen LogP contribution in [-0.4, -0.2) is 19.3 Å². The van der Waals surface area contributed by atoms with Gasteiger partial charge in [-0.25, -0.2) is 20.7 Å². The van der Waals surface area contributed by atoms with Crippen LogP contribution in [-0.2, 0) is 0 Å². The van der Waals surface area contributed by atoms with Gasteiger partial charge in [0, 0.05) is 12.3 Å². The molecule has 0 aliphatic rings. The minimum absolute atomic E-state index is 0.163. The van der Waals surface area contributed by atoms with E-state index in [2.05, 4.69) is 26.2 Å². The summed E-state index contributed by atoms with van der Waals surface area (Å²) in [6.45, 7) is 0. The van der Waals surface area contributed by atoms with Crippen molar-refractivity contribution in [1.29, 1.82) is 0 Å². The van der Waals surface area contributed by atoms with Gasteiger partial charge in [-0.1, -0.05) is 30.3 Å². The van der Waals surface area contributed by atoms with E-state index in [9.17, 15) is 24.1 Å². The van der Waals surface area contributed by atoms with Gasteiger partial charge in [-0.15, -0.1) is 4.91 Å². The summed E-state index contributed by atoms with van der Waals surface area (Å²) in [6.07, 6.45) is 1.14. The molecule has 3 aromatic rings. The van der Waals surface area contributed by atoms with Crippen molar-refractivity contribution in [2.24, 2.45) is 5.18 Å². The molecule has 2 heterocycles. The highest BCUT2D eigenvalue weighted by atomic mass is 16.3. The topological polar surface area (TPSA) is 163 Å². The number of H-pyrrole nitrogens is 2. The quantitative estimate of drug-likeness (QED) is 0.341. The van der Waals surface area contributed by atoms with Gasteiger partial charge < -0.3 is 4.98 Å². The monoisotopic (exact) mass is 357 g/mol. The van der Waals surface area contributed by atoms with Gasteiger partial charge in [0.2, 0.25) is 0 Å². The maximum Gasteiger partial charge on any atom is 0.350 e. The maximum atomic E-state index is 12.6. The van der Waals surface area contributed by atoms with Crippen LogP contribution in [0.4, 0.5) is 5.82 Å². The number of aromatic amines is 2. The lowest BCUT2D eigenvalue weighted by molar-refractivity contribution is 0.690. The molecule has 0 radical (unpaired) electrons. The molecule has 0 atom stereocenters. The largest absolute Gasteiger partial charge is 0.350 e. The van der Waals surface area contributed by atoms with Gasteiger partial charge in [0.1, 0.15) is 0 Å². The van der Waals surface area contributed by atoms with Gasteiger partial charge in [-0.05, 0) is 10.7 Å². The van der Waals surface area contributed by atoms with Gasteiger partial charge in [0.05, 0.1) is 5.56 Å². The van der Waals surface area contributed by atoms with Crippen molar-refractivity contribution < 1.29 is 0 Å². The Morgan fingerprint density at radius 2 is 1.58 bits per heavy atom. The fourth-order valence-electron chi connectivity index (χ4n) is 2.19. The van der Waals surface area contributed by atoms with Crippen LogP contribution in [0.5, 0.6) is 0 Å². The second kappa shape index (κ2) is 6.72. The standard InChI is InChI=1S/C14H11N7O5/c22-9-6-7-15-13(24)20(9)18-19-21-12(23)10(8-4-2-1-3-5-8)11(17-26)16-14(21)25/h1-7,18-19H,(H,15,24)(H,16,25). The van der Waals surface area contributed by atoms with Crippen molar-refractivity contribution in [3.8, 4) is 11.1 Å². The zero-order valence-electron chi connectivity index (χ0n) is 12.9. The number of hydrogen-bond donors (Lipinski definition) is 4. The van der Waals surface area contributed by atoms with Gasteiger partial charge in [0.15, 0.2) is 5.82 Å². The van der Waals surface area contributed by atoms with Crippen LogP contribution in [0, 0.1) is 4.91 Å². The average Bonchev–Trinajstić information content (AvgIpc) is 2.63. The van der Waals surface area contributed by atoms with Gasteiger partial charge in [-0.3, -0.25) is 14.6 Å². The van der Waals surface area contributed by atoms with Crippen molar-refractivity contribution in [1.82, 2.24) is 19.3 Å². The van der Waals surface area contributed by atoms with Gasteiger partial charge in [0.25, 0.3) is 11.1 Å². The Balaban J connectivity index is 2.10. The summed E-state index contributed by atoms with van der Waals surface area (Å²) in [4.78, 5) is 63.3. The van der Waals surface area contributed by atoms with E-state index >= 15 is 0 Å². The number of nitroso groups, excluding NO2 is 1. The van der Waals surface area contributed by atoms with Gasteiger partial charge in [-0.2, -0.15) is 9.35 Å². The molecule has 0 saturated heterocycles. The van der Waals surface area contributed by atoms with Crippen LogP contribution in [0.15, 0.2) is 67.0 Å². The van der Waals surface area contributed by atoms with E-state index in [-0.39, 0.29) is 5.56 Å². The first-order valence-electron chi connectivity index (χ1n) is 7.14. The second-order valence-electron chi connectivity index (χ2n) is 4.93. The van der Waals surface area contributed by atoms with Crippen LogP contribution in [0.3, 0.4) is 0 Å². The number of aromatic nitrogens is 4. The third-order valence-corrected chi connectivity index (χ3v) is 3.37. The lowest BCUT2D eigenvalue weighted by Gasteiger charge is -2.13. The molecule has 26 heavy (non-hydrogen) atoms. The molecule has 0 bridgehead atoms. The van der Waals surface area contributed by atoms with Crippen LogP contribution < -0.4 is 33.6 Å². The summed E-state index contributed by atoms with van der Waals surface area (Å²) in [5, 5.41) is 2.68. The lowest BCUT2D eigenvalue weighted by atomic mass is 10.1. The molecule has 0 aliphatic heterocycles. The third kappa shape index (κ3) is 2.93. The summed E-state index contributed by atoms with van der Waals surface area (Å²) < 4.78 is 0.954. The molecule has 12 nitrogen and oxygen atoms in total. The van der Waals surface area contributed by atoms with E-state index in [1.54, 1.807) is 30.3 Å². The van der Waals surface area contributed by atoms with E-state index < -0.39 is 28.3 Å². The summed E-state index contributed by atoms with van der Waals surface area (Å²) in [6, 6.07) is 9.12. The molecule has 0 saturated carbocycles. The van der Waals surface area contributed by atoms with E-state index in [1.165, 1.54) is 0 Å².